The highest BCUT2D eigenvalue weighted by molar-refractivity contribution is 5.76. The third kappa shape index (κ3) is 29.5. The molecule has 0 radical (unpaired) electrons. The first-order chi connectivity index (χ1) is 40.3. The number of carbonyl (C=O) groups excluding carboxylic acids is 1. The Balaban J connectivity index is 1.52. The van der Waals surface area contributed by atoms with Crippen LogP contribution in [0.2, 0.25) is 0 Å². The van der Waals surface area contributed by atoms with Crippen LogP contribution in [0.3, 0.4) is 0 Å². The summed E-state index contributed by atoms with van der Waals surface area (Å²) in [5.41, 5.74) is 0. The highest BCUT2D eigenvalue weighted by Gasteiger charge is 2.53. The van der Waals surface area contributed by atoms with Gasteiger partial charge < -0.3 is 89.9 Å². The fraction of sp³-hybridized carbons (Fsp3) is 0.766. The van der Waals surface area contributed by atoms with Gasteiger partial charge in [0, 0.05) is 6.42 Å². The van der Waals surface area contributed by atoms with Gasteiger partial charge >= 0.3 is 0 Å². The van der Waals surface area contributed by atoms with E-state index in [0.717, 1.165) is 70.6 Å². The van der Waals surface area contributed by atoms with Crippen LogP contribution in [0.25, 0.3) is 0 Å². The Kier molecular flexibility index (Phi) is 41.3. The summed E-state index contributed by atoms with van der Waals surface area (Å²) in [6.07, 6.45) is 29.9. The second kappa shape index (κ2) is 46.2. The van der Waals surface area contributed by atoms with E-state index in [1.54, 1.807) is 6.08 Å². The van der Waals surface area contributed by atoms with Gasteiger partial charge in [0.05, 0.1) is 38.6 Å². The van der Waals surface area contributed by atoms with Crippen LogP contribution in [0, 0.1) is 0 Å². The molecule has 0 aromatic heterocycles. The number of aliphatic hydroxyl groups excluding tert-OH is 11. The molecular formula is C64H109NO18. The van der Waals surface area contributed by atoms with Crippen LogP contribution < -0.4 is 5.32 Å². The van der Waals surface area contributed by atoms with Crippen LogP contribution in [0.4, 0.5) is 0 Å². The SMILES string of the molecule is CC/C=C\C/C=C\C/C=C\C/C=C\C/C=C\CCCCCC(=O)NC(COC1OC(CO)C(OC2OC(CO)C(OC3OC(CO)C(O)C(O)C3O)C(O)C2O)C(O)C1O)C(O)/C=C/CC/C=C/CCCCCCCCCCCCCCC. The molecule has 19 nitrogen and oxygen atoms in total. The number of hydrogen-bond acceptors (Lipinski definition) is 18. The van der Waals surface area contributed by atoms with Crippen LogP contribution in [-0.4, -0.2) is 193 Å². The Morgan fingerprint density at radius 1 is 0.446 bits per heavy atom. The maximum absolute atomic E-state index is 13.3. The topological polar surface area (TPSA) is 307 Å². The van der Waals surface area contributed by atoms with Crippen LogP contribution in [0.1, 0.15) is 181 Å². The predicted molar refractivity (Wildman–Crippen MR) is 318 cm³/mol. The summed E-state index contributed by atoms with van der Waals surface area (Å²) in [5.74, 6) is -0.320. The van der Waals surface area contributed by atoms with Gasteiger partial charge in [0.15, 0.2) is 18.9 Å². The van der Waals surface area contributed by atoms with Crippen molar-refractivity contribution in [3.05, 3.63) is 85.1 Å². The fourth-order valence-corrected chi connectivity index (χ4v) is 10.1. The number of allylic oxidation sites excluding steroid dienone is 13. The molecular weight excluding hydrogens is 1070 g/mol. The number of unbranched alkanes of at least 4 members (excludes halogenated alkanes) is 17. The third-order valence-corrected chi connectivity index (χ3v) is 15.2. The average molecular weight is 1180 g/mol. The lowest BCUT2D eigenvalue weighted by molar-refractivity contribution is -0.379. The molecule has 0 spiro atoms. The van der Waals surface area contributed by atoms with Crippen molar-refractivity contribution < 1.29 is 89.4 Å². The van der Waals surface area contributed by atoms with Gasteiger partial charge in [-0.2, -0.15) is 0 Å². The third-order valence-electron chi connectivity index (χ3n) is 15.2. The average Bonchev–Trinajstić information content (AvgIpc) is 3.43. The summed E-state index contributed by atoms with van der Waals surface area (Å²) in [5, 5.41) is 120. The first-order valence-corrected chi connectivity index (χ1v) is 31.3. The number of hydrogen-bond donors (Lipinski definition) is 12. The fourth-order valence-electron chi connectivity index (χ4n) is 10.1. The number of amides is 1. The Labute approximate surface area is 495 Å². The standard InChI is InChI=1S/C64H109NO18/c1-3-5-7-9-11-13-15-17-19-21-23-25-27-29-31-33-35-37-39-41-48(69)47(65-52(70)42-40-38-36-34-32-30-28-26-24-22-20-18-16-14-12-10-8-6-4-2)46-78-62-58(76)55(73)60(50(44-67)80-62)83-64-59(77)56(74)61(51(45-68)81-64)82-63-57(75)54(72)53(71)49(43-66)79-63/h6,8,12,14,18,20,24,26,30-33,39,41,47-51,53-64,66-69,71-77H,3-5,7,9-11,13,15-17,19,21-23,25,27-29,34-38,40,42-46H2,1-2H3,(H,65,70)/b8-6-,14-12-,20-18-,26-24-,32-30-,33-31+,41-39+. The molecule has 478 valence electrons. The molecule has 83 heavy (non-hydrogen) atoms. The van der Waals surface area contributed by atoms with Crippen molar-refractivity contribution in [2.45, 2.75) is 285 Å². The Morgan fingerprint density at radius 2 is 0.843 bits per heavy atom. The number of carbonyl (C=O) groups is 1. The van der Waals surface area contributed by atoms with E-state index in [2.05, 4.69) is 92.1 Å². The Hall–Kier alpha value is -3.03. The lowest BCUT2D eigenvalue weighted by Gasteiger charge is -2.48. The molecule has 3 saturated heterocycles. The van der Waals surface area contributed by atoms with E-state index >= 15 is 0 Å². The highest BCUT2D eigenvalue weighted by Crippen LogP contribution is 2.33. The van der Waals surface area contributed by atoms with Gasteiger partial charge in [-0.1, -0.05) is 182 Å². The summed E-state index contributed by atoms with van der Waals surface area (Å²) < 4.78 is 34.2. The van der Waals surface area contributed by atoms with E-state index in [0.29, 0.717) is 12.8 Å². The molecule has 1 amide bonds. The monoisotopic (exact) mass is 1180 g/mol. The van der Waals surface area contributed by atoms with Crippen molar-refractivity contribution in [3.8, 4) is 0 Å². The van der Waals surface area contributed by atoms with Gasteiger partial charge in [0.25, 0.3) is 0 Å². The smallest absolute Gasteiger partial charge is 0.220 e. The van der Waals surface area contributed by atoms with Crippen LogP contribution >= 0.6 is 0 Å². The summed E-state index contributed by atoms with van der Waals surface area (Å²) in [7, 11) is 0. The first-order valence-electron chi connectivity index (χ1n) is 31.3. The minimum atomic E-state index is -1.99. The van der Waals surface area contributed by atoms with Crippen LogP contribution in [0.15, 0.2) is 85.1 Å². The minimum Gasteiger partial charge on any atom is -0.394 e. The molecule has 12 N–H and O–H groups in total. The molecule has 3 aliphatic heterocycles. The second-order valence-electron chi connectivity index (χ2n) is 22.1. The van der Waals surface area contributed by atoms with E-state index in [1.165, 1.54) is 77.0 Å². The van der Waals surface area contributed by atoms with Crippen LogP contribution in [-0.2, 0) is 33.2 Å². The van der Waals surface area contributed by atoms with E-state index < -0.39 is 124 Å². The second-order valence-corrected chi connectivity index (χ2v) is 22.1. The lowest BCUT2D eigenvalue weighted by Crippen LogP contribution is -2.66. The maximum Gasteiger partial charge on any atom is 0.220 e. The number of ether oxygens (including phenoxy) is 6. The van der Waals surface area contributed by atoms with Crippen molar-refractivity contribution in [2.75, 3.05) is 26.4 Å². The summed E-state index contributed by atoms with van der Waals surface area (Å²) in [6.45, 7) is 1.55. The molecule has 19 heteroatoms. The van der Waals surface area contributed by atoms with Crippen molar-refractivity contribution in [2.24, 2.45) is 0 Å². The zero-order valence-electron chi connectivity index (χ0n) is 49.9. The van der Waals surface area contributed by atoms with Crippen LogP contribution in [0.5, 0.6) is 0 Å². The van der Waals surface area contributed by atoms with Gasteiger partial charge in [-0.15, -0.1) is 0 Å². The van der Waals surface area contributed by atoms with Gasteiger partial charge in [-0.25, -0.2) is 0 Å². The molecule has 3 fully saturated rings. The van der Waals surface area contributed by atoms with E-state index in [1.807, 2.05) is 6.08 Å². The molecule has 3 heterocycles. The van der Waals surface area contributed by atoms with E-state index in [9.17, 15) is 61.0 Å². The molecule has 0 aliphatic carbocycles. The largest absolute Gasteiger partial charge is 0.394 e. The highest BCUT2D eigenvalue weighted by atomic mass is 16.8. The Bertz CT molecular complexity index is 1840. The number of nitrogens with one attached hydrogen (secondary N) is 1. The summed E-state index contributed by atoms with van der Waals surface area (Å²) >= 11 is 0. The molecule has 0 aromatic rings. The minimum absolute atomic E-state index is 0.192. The normalized spacial score (nSPS) is 30.0. The molecule has 17 unspecified atom stereocenters. The molecule has 17 atom stereocenters. The molecule has 0 bridgehead atoms. The molecule has 3 aliphatic rings. The summed E-state index contributed by atoms with van der Waals surface area (Å²) in [6, 6.07) is -1.01. The molecule has 0 aromatic carbocycles. The Morgan fingerprint density at radius 3 is 1.35 bits per heavy atom. The molecule has 0 saturated carbocycles. The van der Waals surface area contributed by atoms with Crippen molar-refractivity contribution in [1.82, 2.24) is 5.32 Å². The number of aliphatic hydroxyl groups is 11. The molecule has 3 rings (SSSR count). The maximum atomic E-state index is 13.3. The van der Waals surface area contributed by atoms with Gasteiger partial charge in [-0.05, 0) is 77.0 Å². The zero-order valence-corrected chi connectivity index (χ0v) is 49.9. The van der Waals surface area contributed by atoms with Crippen molar-refractivity contribution in [1.29, 1.82) is 0 Å². The lowest BCUT2D eigenvalue weighted by atomic mass is 9.96. The van der Waals surface area contributed by atoms with Crippen molar-refractivity contribution in [3.63, 3.8) is 0 Å². The van der Waals surface area contributed by atoms with Gasteiger partial charge in [0.1, 0.15) is 73.2 Å². The van der Waals surface area contributed by atoms with Gasteiger partial charge in [0.2, 0.25) is 5.91 Å². The first kappa shape index (κ1) is 74.2. The van der Waals surface area contributed by atoms with Crippen molar-refractivity contribution >= 4 is 5.91 Å². The van der Waals surface area contributed by atoms with E-state index in [4.69, 9.17) is 28.4 Å². The van der Waals surface area contributed by atoms with Gasteiger partial charge in [-0.3, -0.25) is 4.79 Å². The quantitative estimate of drug-likeness (QED) is 0.0233. The number of rotatable bonds is 45. The van der Waals surface area contributed by atoms with E-state index in [-0.39, 0.29) is 18.9 Å². The predicted octanol–water partition coefficient (Wildman–Crippen LogP) is 6.37. The zero-order chi connectivity index (χ0) is 60.5. The summed E-state index contributed by atoms with van der Waals surface area (Å²) in [4.78, 5) is 13.3.